The van der Waals surface area contributed by atoms with Crippen molar-refractivity contribution in [2.45, 2.75) is 39.8 Å². The molecule has 1 fully saturated rings. The van der Waals surface area contributed by atoms with Gasteiger partial charge in [0.1, 0.15) is 6.04 Å². The molecule has 0 bridgehead atoms. The first kappa shape index (κ1) is 16.4. The molecule has 2 aromatic heterocycles. The molecule has 0 aromatic carbocycles. The Labute approximate surface area is 141 Å². The number of hydrogen-bond acceptors (Lipinski definition) is 4. The van der Waals surface area contributed by atoms with Gasteiger partial charge in [-0.05, 0) is 33.8 Å². The molecule has 0 radical (unpaired) electrons. The van der Waals surface area contributed by atoms with Crippen LogP contribution in [-0.4, -0.2) is 62.6 Å². The molecule has 3 rings (SSSR count). The molecule has 0 saturated carbocycles. The van der Waals surface area contributed by atoms with Gasteiger partial charge in [0.05, 0.1) is 17.1 Å². The average Bonchev–Trinajstić information content (AvgIpc) is 2.95. The smallest absolute Gasteiger partial charge is 0.255 e. The zero-order valence-electron chi connectivity index (χ0n) is 14.8. The van der Waals surface area contributed by atoms with E-state index in [1.807, 2.05) is 25.5 Å². The second-order valence-electron chi connectivity index (χ2n) is 6.67. The number of aryl methyl sites for hydroxylation is 1. The van der Waals surface area contributed by atoms with Crippen LogP contribution in [0.5, 0.6) is 0 Å². The van der Waals surface area contributed by atoms with Gasteiger partial charge in [-0.1, -0.05) is 0 Å². The number of carbonyl (C=O) groups is 2. The van der Waals surface area contributed by atoms with E-state index in [1.54, 1.807) is 36.0 Å². The van der Waals surface area contributed by atoms with Crippen molar-refractivity contribution < 1.29 is 9.59 Å². The maximum atomic E-state index is 13.1. The lowest BCUT2D eigenvalue weighted by molar-refractivity contribution is -0.137. The van der Waals surface area contributed by atoms with Gasteiger partial charge >= 0.3 is 0 Å². The lowest BCUT2D eigenvalue weighted by Gasteiger charge is -2.37. The third-order valence-corrected chi connectivity index (χ3v) is 4.55. The largest absolute Gasteiger partial charge is 0.342 e. The first-order valence-electron chi connectivity index (χ1n) is 8.22. The minimum Gasteiger partial charge on any atom is -0.342 e. The number of likely N-dealkylation sites (N-methyl/N-ethyl adjacent to an activating group) is 1. The van der Waals surface area contributed by atoms with Crippen LogP contribution in [0, 0.1) is 6.92 Å². The molecule has 7 heteroatoms. The topological polar surface area (TPSA) is 71.3 Å². The molecule has 1 aliphatic rings. The Balaban J connectivity index is 2.06. The molecule has 1 aliphatic heterocycles. The van der Waals surface area contributed by atoms with Crippen LogP contribution in [0.4, 0.5) is 0 Å². The summed E-state index contributed by atoms with van der Waals surface area (Å²) in [5, 5.41) is 5.11. The molecule has 1 atom stereocenters. The Kier molecular flexibility index (Phi) is 4.03. The maximum Gasteiger partial charge on any atom is 0.255 e. The molecule has 0 unspecified atom stereocenters. The SMILES string of the molecule is Cc1cc(C(=O)N2CCN(C)C(=O)[C@H]2C)c2cnn(C(C)C)c2n1. The van der Waals surface area contributed by atoms with E-state index in [9.17, 15) is 9.59 Å². The Morgan fingerprint density at radius 3 is 2.71 bits per heavy atom. The van der Waals surface area contributed by atoms with E-state index in [4.69, 9.17) is 0 Å². The highest BCUT2D eigenvalue weighted by molar-refractivity contribution is 6.07. The Morgan fingerprint density at radius 2 is 2.04 bits per heavy atom. The van der Waals surface area contributed by atoms with Crippen LogP contribution < -0.4 is 0 Å². The van der Waals surface area contributed by atoms with E-state index < -0.39 is 6.04 Å². The zero-order valence-corrected chi connectivity index (χ0v) is 14.8. The molecule has 1 saturated heterocycles. The van der Waals surface area contributed by atoms with Crippen LogP contribution in [0.2, 0.25) is 0 Å². The summed E-state index contributed by atoms with van der Waals surface area (Å²) >= 11 is 0. The summed E-state index contributed by atoms with van der Waals surface area (Å²) in [5.74, 6) is -0.169. The number of pyridine rings is 1. The first-order valence-corrected chi connectivity index (χ1v) is 8.22. The predicted molar refractivity (Wildman–Crippen MR) is 90.8 cm³/mol. The standard InChI is InChI=1S/C17H23N5O2/c1-10(2)22-15-14(9-18-22)13(8-11(3)19-15)17(24)21-7-6-20(5)16(23)12(21)4/h8-10,12H,6-7H2,1-5H3/t12-/m1/s1. The van der Waals surface area contributed by atoms with E-state index in [0.29, 0.717) is 24.3 Å². The number of aromatic nitrogens is 3. The van der Waals surface area contributed by atoms with Gasteiger partial charge in [-0.3, -0.25) is 9.59 Å². The number of piperazine rings is 1. The number of rotatable bonds is 2. The summed E-state index contributed by atoms with van der Waals surface area (Å²) < 4.78 is 1.82. The lowest BCUT2D eigenvalue weighted by atomic mass is 10.1. The third kappa shape index (κ3) is 2.53. The highest BCUT2D eigenvalue weighted by Crippen LogP contribution is 2.24. The van der Waals surface area contributed by atoms with Crippen LogP contribution in [0.15, 0.2) is 12.3 Å². The van der Waals surface area contributed by atoms with Crippen LogP contribution in [0.25, 0.3) is 11.0 Å². The summed E-state index contributed by atoms with van der Waals surface area (Å²) in [6.07, 6.45) is 1.69. The summed E-state index contributed by atoms with van der Waals surface area (Å²) in [6.45, 7) is 8.78. The summed E-state index contributed by atoms with van der Waals surface area (Å²) in [4.78, 5) is 33.1. The fourth-order valence-corrected chi connectivity index (χ4v) is 3.14. The van der Waals surface area contributed by atoms with Gasteiger partial charge in [0.15, 0.2) is 5.65 Å². The van der Waals surface area contributed by atoms with Gasteiger partial charge in [0.2, 0.25) is 5.91 Å². The van der Waals surface area contributed by atoms with Crippen LogP contribution in [0.1, 0.15) is 42.9 Å². The fraction of sp³-hybridized carbons (Fsp3) is 0.529. The van der Waals surface area contributed by atoms with Crippen molar-refractivity contribution in [3.63, 3.8) is 0 Å². The number of nitrogens with zero attached hydrogens (tertiary/aromatic N) is 5. The first-order chi connectivity index (χ1) is 11.3. The van der Waals surface area contributed by atoms with Gasteiger partial charge in [0, 0.05) is 31.9 Å². The molecule has 3 heterocycles. The predicted octanol–water partition coefficient (Wildman–Crippen LogP) is 1.62. The Hall–Kier alpha value is -2.44. The van der Waals surface area contributed by atoms with Crippen molar-refractivity contribution in [3.05, 3.63) is 23.5 Å². The van der Waals surface area contributed by atoms with E-state index in [-0.39, 0.29) is 17.9 Å². The molecule has 128 valence electrons. The number of amides is 2. The monoisotopic (exact) mass is 329 g/mol. The van der Waals surface area contributed by atoms with E-state index in [1.165, 1.54) is 0 Å². The normalized spacial score (nSPS) is 18.8. The quantitative estimate of drug-likeness (QED) is 0.839. The molecular weight excluding hydrogens is 306 g/mol. The molecule has 2 aromatic rings. The van der Waals surface area contributed by atoms with Crippen molar-refractivity contribution in [2.24, 2.45) is 0 Å². The van der Waals surface area contributed by atoms with E-state index >= 15 is 0 Å². The van der Waals surface area contributed by atoms with Crippen LogP contribution in [0.3, 0.4) is 0 Å². The maximum absolute atomic E-state index is 13.1. The third-order valence-electron chi connectivity index (χ3n) is 4.55. The number of fused-ring (bicyclic) bond motifs is 1. The highest BCUT2D eigenvalue weighted by atomic mass is 16.2. The van der Waals surface area contributed by atoms with Gasteiger partial charge in [-0.2, -0.15) is 5.10 Å². The van der Waals surface area contributed by atoms with Crippen molar-refractivity contribution in [3.8, 4) is 0 Å². The molecule has 0 aliphatic carbocycles. The van der Waals surface area contributed by atoms with Gasteiger partial charge < -0.3 is 9.80 Å². The van der Waals surface area contributed by atoms with E-state index in [0.717, 1.165) is 11.1 Å². The lowest BCUT2D eigenvalue weighted by Crippen LogP contribution is -2.56. The van der Waals surface area contributed by atoms with Gasteiger partial charge in [-0.25, -0.2) is 9.67 Å². The molecule has 0 spiro atoms. The van der Waals surface area contributed by atoms with Gasteiger partial charge in [0.25, 0.3) is 5.91 Å². The summed E-state index contributed by atoms with van der Waals surface area (Å²) in [6, 6.07) is 1.48. The second-order valence-corrected chi connectivity index (χ2v) is 6.67. The summed E-state index contributed by atoms with van der Waals surface area (Å²) in [7, 11) is 1.77. The van der Waals surface area contributed by atoms with Crippen molar-refractivity contribution >= 4 is 22.8 Å². The Morgan fingerprint density at radius 1 is 1.33 bits per heavy atom. The second kappa shape index (κ2) is 5.89. The zero-order chi connectivity index (χ0) is 17.6. The fourth-order valence-electron chi connectivity index (χ4n) is 3.14. The molecular formula is C17H23N5O2. The van der Waals surface area contributed by atoms with Crippen LogP contribution >= 0.6 is 0 Å². The average molecular weight is 329 g/mol. The van der Waals surface area contributed by atoms with Crippen molar-refractivity contribution in [1.82, 2.24) is 24.6 Å². The Bertz CT molecular complexity index is 811. The highest BCUT2D eigenvalue weighted by Gasteiger charge is 2.34. The molecule has 0 N–H and O–H groups in total. The van der Waals surface area contributed by atoms with Crippen molar-refractivity contribution in [2.75, 3.05) is 20.1 Å². The van der Waals surface area contributed by atoms with Crippen LogP contribution in [-0.2, 0) is 4.79 Å². The van der Waals surface area contributed by atoms with Gasteiger partial charge in [-0.15, -0.1) is 0 Å². The molecule has 24 heavy (non-hydrogen) atoms. The molecule has 7 nitrogen and oxygen atoms in total. The minimum atomic E-state index is -0.458. The van der Waals surface area contributed by atoms with Crippen molar-refractivity contribution in [1.29, 1.82) is 0 Å². The minimum absolute atomic E-state index is 0.0329. The molecule has 2 amide bonds. The number of carbonyl (C=O) groups excluding carboxylic acids is 2. The summed E-state index contributed by atoms with van der Waals surface area (Å²) in [5.41, 5.74) is 2.04. The number of hydrogen-bond donors (Lipinski definition) is 0. The van der Waals surface area contributed by atoms with E-state index in [2.05, 4.69) is 10.1 Å².